The van der Waals surface area contributed by atoms with E-state index in [4.69, 9.17) is 11.6 Å². The largest absolute Gasteiger partial charge is 0.372 e. The summed E-state index contributed by atoms with van der Waals surface area (Å²) in [6.07, 6.45) is 2.22. The Bertz CT molecular complexity index is 330. The number of alkyl halides is 4. The van der Waals surface area contributed by atoms with Gasteiger partial charge >= 0.3 is 6.05 Å². The molecule has 6 heteroatoms. The van der Waals surface area contributed by atoms with Crippen molar-refractivity contribution in [3.63, 3.8) is 0 Å². The average molecular weight is 256 g/mol. The van der Waals surface area contributed by atoms with Crippen LogP contribution in [0.15, 0.2) is 24.5 Å². The first-order valence-electron chi connectivity index (χ1n) is 4.50. The van der Waals surface area contributed by atoms with E-state index in [-0.39, 0.29) is 0 Å². The van der Waals surface area contributed by atoms with E-state index in [1.807, 2.05) is 0 Å². The molecule has 86 valence electrons. The van der Waals surface area contributed by atoms with Crippen molar-refractivity contribution in [2.24, 2.45) is 0 Å². The molecule has 0 aromatic carbocycles. The summed E-state index contributed by atoms with van der Waals surface area (Å²) in [4.78, 5) is 0. The molecule has 1 unspecified atom stereocenters. The topological polar surface area (TPSA) is 4.93 Å². The molecule has 1 atom stereocenters. The maximum atomic E-state index is 14.0. The van der Waals surface area contributed by atoms with Crippen LogP contribution in [-0.4, -0.2) is 17.4 Å². The Morgan fingerprint density at radius 3 is 1.80 bits per heavy atom. The number of aromatic nitrogens is 1. The highest BCUT2D eigenvalue weighted by molar-refractivity contribution is 6.85. The lowest BCUT2D eigenvalue weighted by Gasteiger charge is -2.37. The molecule has 0 aliphatic heterocycles. The SMILES string of the molecule is C[Si](C)(C)C(F)(Cl)C(F)(F)n1cccc1. The van der Waals surface area contributed by atoms with Gasteiger partial charge < -0.3 is 0 Å². The molecular weight excluding hydrogens is 243 g/mol. The van der Waals surface area contributed by atoms with Crippen LogP contribution < -0.4 is 0 Å². The van der Waals surface area contributed by atoms with Gasteiger partial charge in [0.05, 0.1) is 0 Å². The van der Waals surface area contributed by atoms with Crippen molar-refractivity contribution < 1.29 is 13.2 Å². The molecule has 0 amide bonds. The van der Waals surface area contributed by atoms with Gasteiger partial charge in [-0.2, -0.15) is 8.78 Å². The van der Waals surface area contributed by atoms with E-state index < -0.39 is 18.9 Å². The molecule has 0 saturated heterocycles. The molecule has 1 heterocycles. The molecule has 0 saturated carbocycles. The van der Waals surface area contributed by atoms with Gasteiger partial charge in [0.25, 0.3) is 0 Å². The first-order valence-corrected chi connectivity index (χ1v) is 8.37. The minimum absolute atomic E-state index is 0.512. The fourth-order valence-electron chi connectivity index (χ4n) is 1.14. The van der Waals surface area contributed by atoms with Crippen molar-refractivity contribution in [3.8, 4) is 0 Å². The first kappa shape index (κ1) is 12.6. The lowest BCUT2D eigenvalue weighted by molar-refractivity contribution is -0.136. The van der Waals surface area contributed by atoms with Crippen molar-refractivity contribution >= 4 is 19.7 Å². The van der Waals surface area contributed by atoms with E-state index in [0.717, 1.165) is 12.4 Å². The second kappa shape index (κ2) is 3.56. The average Bonchev–Trinajstić information content (AvgIpc) is 2.53. The zero-order valence-electron chi connectivity index (χ0n) is 8.77. The van der Waals surface area contributed by atoms with E-state index in [1.54, 1.807) is 0 Å². The summed E-state index contributed by atoms with van der Waals surface area (Å²) >= 11 is 5.42. The molecule has 0 N–H and O–H groups in total. The Labute approximate surface area is 92.9 Å². The fourth-order valence-corrected chi connectivity index (χ4v) is 2.26. The Hall–Kier alpha value is -0.423. The monoisotopic (exact) mass is 255 g/mol. The lowest BCUT2D eigenvalue weighted by atomic mass is 10.5. The summed E-state index contributed by atoms with van der Waals surface area (Å²) < 4.78 is 39.0. The van der Waals surface area contributed by atoms with Crippen molar-refractivity contribution in [2.75, 3.05) is 0 Å². The van der Waals surface area contributed by atoms with Crippen LogP contribution in [0.3, 0.4) is 0 Å². The van der Waals surface area contributed by atoms with Crippen LogP contribution in [0.1, 0.15) is 0 Å². The van der Waals surface area contributed by atoms with E-state index >= 15 is 0 Å². The molecule has 0 spiro atoms. The zero-order valence-corrected chi connectivity index (χ0v) is 10.5. The Morgan fingerprint density at radius 2 is 1.47 bits per heavy atom. The van der Waals surface area contributed by atoms with Crippen LogP contribution in [0, 0.1) is 0 Å². The molecule has 0 aliphatic carbocycles. The van der Waals surface area contributed by atoms with E-state index in [1.165, 1.54) is 31.8 Å². The maximum Gasteiger partial charge on any atom is 0.372 e. The lowest BCUT2D eigenvalue weighted by Crippen LogP contribution is -2.57. The third kappa shape index (κ3) is 1.95. The molecule has 1 rings (SSSR count). The van der Waals surface area contributed by atoms with E-state index in [0.29, 0.717) is 4.57 Å². The van der Waals surface area contributed by atoms with Crippen molar-refractivity contribution in [1.29, 1.82) is 0 Å². The van der Waals surface area contributed by atoms with Gasteiger partial charge in [-0.15, -0.1) is 0 Å². The van der Waals surface area contributed by atoms with Crippen molar-refractivity contribution in [3.05, 3.63) is 24.5 Å². The zero-order chi connectivity index (χ0) is 11.9. The molecule has 15 heavy (non-hydrogen) atoms. The summed E-state index contributed by atoms with van der Waals surface area (Å²) in [6, 6.07) is -0.904. The third-order valence-corrected chi connectivity index (χ3v) is 6.36. The fraction of sp³-hybridized carbons (Fsp3) is 0.556. The smallest absolute Gasteiger partial charge is 0.292 e. The van der Waals surface area contributed by atoms with E-state index in [9.17, 15) is 13.2 Å². The number of hydrogen-bond acceptors (Lipinski definition) is 0. The van der Waals surface area contributed by atoms with Gasteiger partial charge in [-0.1, -0.05) is 31.2 Å². The van der Waals surface area contributed by atoms with Crippen LogP contribution in [0.25, 0.3) is 0 Å². The van der Waals surface area contributed by atoms with Crippen LogP contribution in [0.4, 0.5) is 13.2 Å². The van der Waals surface area contributed by atoms with Crippen LogP contribution in [0.5, 0.6) is 0 Å². The summed E-state index contributed by atoms with van der Waals surface area (Å²) in [5.74, 6) is 0. The number of halogens is 4. The molecule has 1 nitrogen and oxygen atoms in total. The second-order valence-corrected chi connectivity index (χ2v) is 10.5. The summed E-state index contributed by atoms with van der Waals surface area (Å²) in [5, 5.41) is 0. The summed E-state index contributed by atoms with van der Waals surface area (Å²) in [5.41, 5.74) is 0. The predicted octanol–water partition coefficient (Wildman–Crippen LogP) is 3.82. The number of rotatable bonds is 3. The quantitative estimate of drug-likeness (QED) is 0.572. The highest BCUT2D eigenvalue weighted by atomic mass is 35.5. The Balaban J connectivity index is 3.17. The van der Waals surface area contributed by atoms with Gasteiger partial charge in [0.1, 0.15) is 8.07 Å². The van der Waals surface area contributed by atoms with Crippen LogP contribution >= 0.6 is 11.6 Å². The highest BCUT2D eigenvalue weighted by Crippen LogP contribution is 2.46. The molecule has 0 fully saturated rings. The minimum Gasteiger partial charge on any atom is -0.292 e. The van der Waals surface area contributed by atoms with Gasteiger partial charge in [0.2, 0.25) is 4.75 Å². The van der Waals surface area contributed by atoms with Crippen molar-refractivity contribution in [2.45, 2.75) is 30.4 Å². The predicted molar refractivity (Wildman–Crippen MR) is 57.7 cm³/mol. The van der Waals surface area contributed by atoms with Crippen LogP contribution in [-0.2, 0) is 6.05 Å². The molecular formula is C9H13ClF3NSi. The molecule has 1 aromatic heterocycles. The standard InChI is InChI=1S/C9H13ClF3NSi/c1-15(2,3)8(10,11)9(12,13)14-6-4-5-7-14/h4-7H,1-3H3. The highest BCUT2D eigenvalue weighted by Gasteiger charge is 2.62. The number of nitrogens with zero attached hydrogens (tertiary/aromatic N) is 1. The molecule has 1 aromatic rings. The van der Waals surface area contributed by atoms with Gasteiger partial charge in [-0.05, 0) is 12.1 Å². The molecule has 0 bridgehead atoms. The number of hydrogen-bond donors (Lipinski definition) is 0. The maximum absolute atomic E-state index is 14.0. The Kier molecular flexibility index (Phi) is 3.00. The first-order chi connectivity index (χ1) is 6.61. The minimum atomic E-state index is -3.72. The van der Waals surface area contributed by atoms with Crippen LogP contribution in [0.2, 0.25) is 19.6 Å². The van der Waals surface area contributed by atoms with Gasteiger partial charge in [-0.25, -0.2) is 4.39 Å². The molecule has 0 aliphatic rings. The van der Waals surface area contributed by atoms with Gasteiger partial charge in [0.15, 0.2) is 0 Å². The van der Waals surface area contributed by atoms with E-state index in [2.05, 4.69) is 0 Å². The van der Waals surface area contributed by atoms with Crippen molar-refractivity contribution in [1.82, 2.24) is 4.57 Å². The normalized spacial score (nSPS) is 17.5. The van der Waals surface area contributed by atoms with Gasteiger partial charge in [-0.3, -0.25) is 4.57 Å². The van der Waals surface area contributed by atoms with Gasteiger partial charge in [0, 0.05) is 12.4 Å². The summed E-state index contributed by atoms with van der Waals surface area (Å²) in [7, 11) is -2.85. The third-order valence-electron chi connectivity index (χ3n) is 2.25. The summed E-state index contributed by atoms with van der Waals surface area (Å²) in [6.45, 7) is 4.41. The molecule has 0 radical (unpaired) electrons. The second-order valence-electron chi connectivity index (χ2n) is 4.46. The Morgan fingerprint density at radius 1 is 1.07 bits per heavy atom.